The molecule has 0 unspecified atom stereocenters. The molecule has 1 fully saturated rings. The lowest BCUT2D eigenvalue weighted by Gasteiger charge is -2.37. The Morgan fingerprint density at radius 2 is 1.88 bits per heavy atom. The van der Waals surface area contributed by atoms with Gasteiger partial charge in [-0.05, 0) is 57.1 Å². The maximum atomic E-state index is 12.8. The number of hydrogen-bond acceptors (Lipinski definition) is 4. The summed E-state index contributed by atoms with van der Waals surface area (Å²) in [6.45, 7) is 10.2. The van der Waals surface area contributed by atoms with Crippen LogP contribution in [0.4, 0.5) is 0 Å². The fourth-order valence-corrected chi connectivity index (χ4v) is 3.45. The Hall–Kier alpha value is -2.08. The van der Waals surface area contributed by atoms with Crippen LogP contribution >= 0.6 is 0 Å². The van der Waals surface area contributed by atoms with Crippen LogP contribution in [-0.4, -0.2) is 65.6 Å². The van der Waals surface area contributed by atoms with E-state index in [4.69, 9.17) is 4.74 Å². The number of aliphatic carboxylic acids is 1. The summed E-state index contributed by atoms with van der Waals surface area (Å²) in [7, 11) is 0. The van der Waals surface area contributed by atoms with Gasteiger partial charge in [-0.2, -0.15) is 0 Å². The quantitative estimate of drug-likeness (QED) is 0.770. The topological polar surface area (TPSA) is 70.1 Å². The van der Waals surface area contributed by atoms with Gasteiger partial charge in [-0.25, -0.2) is 0 Å². The number of nitrogens with zero attached hydrogens (tertiary/aromatic N) is 2. The minimum atomic E-state index is -0.827. The fraction of sp³-hybridized carbons (Fsp3) is 0.600. The first-order chi connectivity index (χ1) is 12.5. The van der Waals surface area contributed by atoms with Gasteiger partial charge in [0.15, 0.2) is 0 Å². The molecule has 1 aromatic carbocycles. The molecule has 0 aromatic heterocycles. The molecule has 2 atom stereocenters. The highest BCUT2D eigenvalue weighted by Gasteiger charge is 2.35. The number of benzene rings is 1. The van der Waals surface area contributed by atoms with E-state index in [-0.39, 0.29) is 11.9 Å². The normalized spacial score (nSPS) is 20.2. The Labute approximate surface area is 155 Å². The summed E-state index contributed by atoms with van der Waals surface area (Å²) >= 11 is 0. The van der Waals surface area contributed by atoms with Crippen molar-refractivity contribution >= 4 is 11.9 Å². The number of carbonyl (C=O) groups excluding carboxylic acids is 1. The molecule has 6 nitrogen and oxygen atoms in total. The standard InChI is InChI=1S/C20H30N2O4/c1-4-21(5-2)13-14-26-17-10-8-16(9-11-17)19(23)22-12-6-7-18(15(22)3)20(24)25/h8-11,15,18H,4-7,12-14H2,1-3H3,(H,24,25)/t15-,18-/m0/s1. The van der Waals surface area contributed by atoms with Crippen molar-refractivity contribution in [3.63, 3.8) is 0 Å². The van der Waals surface area contributed by atoms with Crippen LogP contribution in [-0.2, 0) is 4.79 Å². The first-order valence-corrected chi connectivity index (χ1v) is 9.46. The molecule has 0 saturated carbocycles. The molecule has 1 N–H and O–H groups in total. The van der Waals surface area contributed by atoms with Crippen LogP contribution in [0.25, 0.3) is 0 Å². The number of piperidine rings is 1. The molecule has 1 aromatic rings. The number of carboxylic acids is 1. The van der Waals surface area contributed by atoms with E-state index in [1.54, 1.807) is 29.2 Å². The Morgan fingerprint density at radius 1 is 1.23 bits per heavy atom. The van der Waals surface area contributed by atoms with Crippen molar-refractivity contribution < 1.29 is 19.4 Å². The second-order valence-corrected chi connectivity index (χ2v) is 6.73. The summed E-state index contributed by atoms with van der Waals surface area (Å²) in [5.41, 5.74) is 0.569. The van der Waals surface area contributed by atoms with Crippen LogP contribution in [0, 0.1) is 5.92 Å². The van der Waals surface area contributed by atoms with Crippen molar-refractivity contribution in [2.24, 2.45) is 5.92 Å². The summed E-state index contributed by atoms with van der Waals surface area (Å²) in [6.07, 6.45) is 1.35. The van der Waals surface area contributed by atoms with Crippen molar-refractivity contribution in [1.82, 2.24) is 9.80 Å². The van der Waals surface area contributed by atoms with E-state index >= 15 is 0 Å². The van der Waals surface area contributed by atoms with E-state index in [9.17, 15) is 14.7 Å². The predicted molar refractivity (Wildman–Crippen MR) is 101 cm³/mol. The molecule has 1 aliphatic rings. The molecule has 1 saturated heterocycles. The smallest absolute Gasteiger partial charge is 0.308 e. The third-order valence-corrected chi connectivity index (χ3v) is 5.24. The molecule has 0 bridgehead atoms. The van der Waals surface area contributed by atoms with E-state index in [2.05, 4.69) is 18.7 Å². The van der Waals surface area contributed by atoms with Gasteiger partial charge in [0.25, 0.3) is 5.91 Å². The number of amides is 1. The number of ether oxygens (including phenoxy) is 1. The molecular weight excluding hydrogens is 332 g/mol. The number of likely N-dealkylation sites (N-methyl/N-ethyl adjacent to an activating group) is 1. The van der Waals surface area contributed by atoms with Crippen LogP contribution in [0.5, 0.6) is 5.75 Å². The second-order valence-electron chi connectivity index (χ2n) is 6.73. The van der Waals surface area contributed by atoms with Crippen molar-refractivity contribution in [3.05, 3.63) is 29.8 Å². The number of likely N-dealkylation sites (tertiary alicyclic amines) is 1. The molecular formula is C20H30N2O4. The molecule has 0 aliphatic carbocycles. The van der Waals surface area contributed by atoms with Crippen LogP contribution in [0.1, 0.15) is 44.0 Å². The summed E-state index contributed by atoms with van der Waals surface area (Å²) in [4.78, 5) is 28.1. The van der Waals surface area contributed by atoms with Crippen molar-refractivity contribution in [2.45, 2.75) is 39.7 Å². The maximum Gasteiger partial charge on any atom is 0.308 e. The highest BCUT2D eigenvalue weighted by Crippen LogP contribution is 2.26. The van der Waals surface area contributed by atoms with Gasteiger partial charge in [0.1, 0.15) is 12.4 Å². The van der Waals surface area contributed by atoms with Gasteiger partial charge in [0, 0.05) is 24.7 Å². The zero-order chi connectivity index (χ0) is 19.1. The highest BCUT2D eigenvalue weighted by molar-refractivity contribution is 5.95. The average Bonchev–Trinajstić information content (AvgIpc) is 2.65. The Morgan fingerprint density at radius 3 is 2.46 bits per heavy atom. The van der Waals surface area contributed by atoms with Gasteiger partial charge in [-0.1, -0.05) is 13.8 Å². The SMILES string of the molecule is CCN(CC)CCOc1ccc(C(=O)N2CCC[C@H](C(=O)O)[C@@H]2C)cc1. The average molecular weight is 362 g/mol. The fourth-order valence-electron chi connectivity index (χ4n) is 3.45. The molecule has 6 heteroatoms. The monoisotopic (exact) mass is 362 g/mol. The maximum absolute atomic E-state index is 12.8. The van der Waals surface area contributed by atoms with Crippen LogP contribution in [0.2, 0.25) is 0 Å². The Balaban J connectivity index is 1.94. The first kappa shape index (κ1) is 20.2. The van der Waals surface area contributed by atoms with Crippen molar-refractivity contribution in [2.75, 3.05) is 32.8 Å². The van der Waals surface area contributed by atoms with Crippen molar-refractivity contribution in [1.29, 1.82) is 0 Å². The van der Waals surface area contributed by atoms with Gasteiger partial charge in [0.2, 0.25) is 0 Å². The summed E-state index contributed by atoms with van der Waals surface area (Å²) in [6, 6.07) is 6.83. The molecule has 1 amide bonds. The lowest BCUT2D eigenvalue weighted by molar-refractivity contribution is -0.144. The zero-order valence-corrected chi connectivity index (χ0v) is 16.0. The molecule has 26 heavy (non-hydrogen) atoms. The molecule has 0 spiro atoms. The number of rotatable bonds is 8. The van der Waals surface area contributed by atoms with E-state index in [1.165, 1.54) is 0 Å². The van der Waals surface area contributed by atoms with E-state index in [0.29, 0.717) is 25.1 Å². The largest absolute Gasteiger partial charge is 0.492 e. The summed E-state index contributed by atoms with van der Waals surface area (Å²) in [5, 5.41) is 9.31. The van der Waals surface area contributed by atoms with Crippen LogP contribution in [0.15, 0.2) is 24.3 Å². The molecule has 0 radical (unpaired) electrons. The van der Waals surface area contributed by atoms with Gasteiger partial charge < -0.3 is 19.6 Å². The van der Waals surface area contributed by atoms with Crippen LogP contribution < -0.4 is 4.74 Å². The van der Waals surface area contributed by atoms with Gasteiger partial charge in [-0.15, -0.1) is 0 Å². The molecule has 2 rings (SSSR count). The minimum absolute atomic E-state index is 0.113. The van der Waals surface area contributed by atoms with Crippen LogP contribution in [0.3, 0.4) is 0 Å². The van der Waals surface area contributed by atoms with Gasteiger partial charge in [-0.3, -0.25) is 9.59 Å². The third-order valence-electron chi connectivity index (χ3n) is 5.24. The third kappa shape index (κ3) is 4.97. The molecule has 1 aliphatic heterocycles. The Bertz CT molecular complexity index is 598. The second kappa shape index (κ2) is 9.57. The first-order valence-electron chi connectivity index (χ1n) is 9.46. The lowest BCUT2D eigenvalue weighted by Crippen LogP contribution is -2.49. The predicted octanol–water partition coefficient (Wildman–Crippen LogP) is 2.73. The highest BCUT2D eigenvalue weighted by atomic mass is 16.5. The lowest BCUT2D eigenvalue weighted by atomic mass is 9.90. The van der Waals surface area contributed by atoms with Crippen molar-refractivity contribution in [3.8, 4) is 5.75 Å². The number of carbonyl (C=O) groups is 2. The van der Waals surface area contributed by atoms with Gasteiger partial charge in [0.05, 0.1) is 5.92 Å². The van der Waals surface area contributed by atoms with E-state index < -0.39 is 11.9 Å². The minimum Gasteiger partial charge on any atom is -0.492 e. The van der Waals surface area contributed by atoms with E-state index in [0.717, 1.165) is 31.8 Å². The van der Waals surface area contributed by atoms with Gasteiger partial charge >= 0.3 is 5.97 Å². The van der Waals surface area contributed by atoms with E-state index in [1.807, 2.05) is 6.92 Å². The number of hydrogen-bond donors (Lipinski definition) is 1. The Kier molecular flexibility index (Phi) is 7.45. The molecule has 144 valence electrons. The summed E-state index contributed by atoms with van der Waals surface area (Å²) < 4.78 is 5.75. The zero-order valence-electron chi connectivity index (χ0n) is 16.0. The summed E-state index contributed by atoms with van der Waals surface area (Å²) in [5.74, 6) is -0.690. The number of carboxylic acid groups (broad SMARTS) is 1. The molecule has 1 heterocycles.